The summed E-state index contributed by atoms with van der Waals surface area (Å²) in [6.45, 7) is 11.0. The Bertz CT molecular complexity index is 932. The molecule has 1 saturated heterocycles. The fourth-order valence-corrected chi connectivity index (χ4v) is 4.14. The number of Topliss-reactive ketones (excluding diaryl/α,β-unsaturated/α-hetero) is 2. The van der Waals surface area contributed by atoms with Crippen molar-refractivity contribution in [2.24, 2.45) is 11.8 Å². The normalized spacial score (nSPS) is 14.7. The Morgan fingerprint density at radius 2 is 1.36 bits per heavy atom. The Balaban J connectivity index is 1.70. The van der Waals surface area contributed by atoms with Crippen molar-refractivity contribution in [3.05, 3.63) is 83.9 Å². The molecule has 0 N–H and O–H groups in total. The fraction of sp³-hybridized carbons (Fsp3) is 0.393. The highest BCUT2D eigenvalue weighted by Crippen LogP contribution is 2.31. The van der Waals surface area contributed by atoms with E-state index in [1.165, 1.54) is 0 Å². The summed E-state index contributed by atoms with van der Waals surface area (Å²) in [4.78, 5) is 40.7. The second kappa shape index (κ2) is 10.6. The van der Waals surface area contributed by atoms with Gasteiger partial charge in [0.1, 0.15) is 5.60 Å². The standard InChI is InChI=1S/C28H33NO4/c1-20(21-15-17-29(18-16-21)27(32)33-28(2,3)4)19-24(25(30)22-11-7-5-8-12-22)26(31)23-13-9-6-10-14-23/h5-14,21,24H,1,15-19H2,2-4H3. The molecule has 0 spiro atoms. The molecule has 2 aromatic rings. The molecule has 1 aliphatic heterocycles. The molecule has 33 heavy (non-hydrogen) atoms. The summed E-state index contributed by atoms with van der Waals surface area (Å²) < 4.78 is 5.47. The number of benzene rings is 2. The van der Waals surface area contributed by atoms with Gasteiger partial charge in [-0.15, -0.1) is 0 Å². The Labute approximate surface area is 196 Å². The summed E-state index contributed by atoms with van der Waals surface area (Å²) >= 11 is 0. The number of ether oxygens (including phenoxy) is 1. The number of amides is 1. The number of allylic oxidation sites excluding steroid dienone is 1. The molecule has 5 nitrogen and oxygen atoms in total. The van der Waals surface area contributed by atoms with Gasteiger partial charge in [0.25, 0.3) is 0 Å². The third kappa shape index (κ3) is 6.64. The van der Waals surface area contributed by atoms with E-state index >= 15 is 0 Å². The van der Waals surface area contributed by atoms with Crippen LogP contribution in [-0.4, -0.2) is 41.3 Å². The van der Waals surface area contributed by atoms with Crippen molar-refractivity contribution >= 4 is 17.7 Å². The van der Waals surface area contributed by atoms with Gasteiger partial charge >= 0.3 is 6.09 Å². The van der Waals surface area contributed by atoms with Crippen LogP contribution in [0, 0.1) is 11.8 Å². The van der Waals surface area contributed by atoms with Crippen LogP contribution in [0.2, 0.25) is 0 Å². The third-order valence-electron chi connectivity index (χ3n) is 5.94. The predicted octanol–water partition coefficient (Wildman–Crippen LogP) is 5.96. The minimum Gasteiger partial charge on any atom is -0.444 e. The lowest BCUT2D eigenvalue weighted by Crippen LogP contribution is -2.42. The van der Waals surface area contributed by atoms with E-state index in [1.807, 2.05) is 32.9 Å². The molecule has 0 bridgehead atoms. The first-order valence-corrected chi connectivity index (χ1v) is 11.5. The van der Waals surface area contributed by atoms with E-state index in [4.69, 9.17) is 4.74 Å². The molecule has 2 aromatic carbocycles. The molecule has 0 aromatic heterocycles. The van der Waals surface area contributed by atoms with Gasteiger partial charge in [-0.1, -0.05) is 72.8 Å². The van der Waals surface area contributed by atoms with Gasteiger partial charge in [-0.3, -0.25) is 9.59 Å². The summed E-state index contributed by atoms with van der Waals surface area (Å²) in [6, 6.07) is 17.9. The molecule has 174 valence electrons. The summed E-state index contributed by atoms with van der Waals surface area (Å²) in [7, 11) is 0. The molecular formula is C28H33NO4. The lowest BCUT2D eigenvalue weighted by molar-refractivity contribution is 0.0193. The van der Waals surface area contributed by atoms with Crippen LogP contribution >= 0.6 is 0 Å². The maximum atomic E-state index is 13.3. The smallest absolute Gasteiger partial charge is 0.410 e. The molecule has 1 fully saturated rings. The Kier molecular flexibility index (Phi) is 7.85. The molecule has 0 atom stereocenters. The second-order valence-corrected chi connectivity index (χ2v) is 9.62. The Morgan fingerprint density at radius 1 is 0.909 bits per heavy atom. The molecule has 1 amide bonds. The number of piperidine rings is 1. The molecule has 3 rings (SSSR count). The number of carbonyl (C=O) groups excluding carboxylic acids is 3. The van der Waals surface area contributed by atoms with Crippen molar-refractivity contribution < 1.29 is 19.1 Å². The topological polar surface area (TPSA) is 63.7 Å². The second-order valence-electron chi connectivity index (χ2n) is 9.62. The van der Waals surface area contributed by atoms with Crippen LogP contribution in [0.5, 0.6) is 0 Å². The van der Waals surface area contributed by atoms with E-state index in [2.05, 4.69) is 6.58 Å². The maximum absolute atomic E-state index is 13.3. The number of nitrogens with zero attached hydrogens (tertiary/aromatic N) is 1. The molecule has 1 aliphatic rings. The largest absolute Gasteiger partial charge is 0.444 e. The van der Waals surface area contributed by atoms with Gasteiger partial charge in [-0.05, 0) is 46.0 Å². The number of hydrogen-bond donors (Lipinski definition) is 0. The molecule has 0 radical (unpaired) electrons. The first-order chi connectivity index (χ1) is 15.7. The van der Waals surface area contributed by atoms with Crippen molar-refractivity contribution in [2.75, 3.05) is 13.1 Å². The van der Waals surface area contributed by atoms with Crippen LogP contribution in [0.3, 0.4) is 0 Å². The molecule has 1 heterocycles. The highest BCUT2D eigenvalue weighted by Gasteiger charge is 2.33. The SMILES string of the molecule is C=C(CC(C(=O)c1ccccc1)C(=O)c1ccccc1)C1CCN(C(=O)OC(C)(C)C)CC1. The predicted molar refractivity (Wildman–Crippen MR) is 129 cm³/mol. The third-order valence-corrected chi connectivity index (χ3v) is 5.94. The van der Waals surface area contributed by atoms with E-state index in [1.54, 1.807) is 53.4 Å². The minimum atomic E-state index is -0.814. The molecule has 0 saturated carbocycles. The number of ketones is 2. The average molecular weight is 448 g/mol. The van der Waals surface area contributed by atoms with Crippen LogP contribution in [0.25, 0.3) is 0 Å². The van der Waals surface area contributed by atoms with Gasteiger partial charge in [-0.2, -0.15) is 0 Å². The Hall–Kier alpha value is -3.21. The van der Waals surface area contributed by atoms with Gasteiger partial charge in [-0.25, -0.2) is 4.79 Å². The van der Waals surface area contributed by atoms with Crippen molar-refractivity contribution in [1.82, 2.24) is 4.90 Å². The molecular weight excluding hydrogens is 414 g/mol. The zero-order valence-corrected chi connectivity index (χ0v) is 19.8. The summed E-state index contributed by atoms with van der Waals surface area (Å²) in [5, 5.41) is 0. The highest BCUT2D eigenvalue weighted by atomic mass is 16.6. The van der Waals surface area contributed by atoms with Gasteiger partial charge < -0.3 is 9.64 Å². The monoisotopic (exact) mass is 447 g/mol. The van der Waals surface area contributed by atoms with Crippen LogP contribution in [0.15, 0.2) is 72.8 Å². The molecule has 0 aliphatic carbocycles. The lowest BCUT2D eigenvalue weighted by atomic mass is 9.80. The van der Waals surface area contributed by atoms with Gasteiger partial charge in [0, 0.05) is 24.2 Å². The van der Waals surface area contributed by atoms with E-state index in [9.17, 15) is 14.4 Å². The van der Waals surface area contributed by atoms with Gasteiger partial charge in [0.15, 0.2) is 11.6 Å². The van der Waals surface area contributed by atoms with Crippen LogP contribution in [0.1, 0.15) is 60.7 Å². The number of hydrogen-bond acceptors (Lipinski definition) is 4. The van der Waals surface area contributed by atoms with Crippen LogP contribution in [-0.2, 0) is 4.74 Å². The van der Waals surface area contributed by atoms with Crippen LogP contribution < -0.4 is 0 Å². The van der Waals surface area contributed by atoms with Gasteiger partial charge in [0.05, 0.1) is 5.92 Å². The average Bonchev–Trinajstić information content (AvgIpc) is 2.81. The van der Waals surface area contributed by atoms with Crippen molar-refractivity contribution in [2.45, 2.75) is 45.6 Å². The van der Waals surface area contributed by atoms with Crippen molar-refractivity contribution in [1.29, 1.82) is 0 Å². The summed E-state index contributed by atoms with van der Waals surface area (Å²) in [6.07, 6.45) is 1.48. The number of rotatable bonds is 7. The molecule has 0 unspecified atom stereocenters. The summed E-state index contributed by atoms with van der Waals surface area (Å²) in [5.41, 5.74) is 1.41. The molecule has 5 heteroatoms. The lowest BCUT2D eigenvalue weighted by Gasteiger charge is -2.34. The first kappa shape index (κ1) is 24.4. The van der Waals surface area contributed by atoms with E-state index in [-0.39, 0.29) is 23.6 Å². The quantitative estimate of drug-likeness (QED) is 0.298. The zero-order chi connectivity index (χ0) is 24.0. The zero-order valence-electron chi connectivity index (χ0n) is 19.8. The van der Waals surface area contributed by atoms with Crippen molar-refractivity contribution in [3.63, 3.8) is 0 Å². The van der Waals surface area contributed by atoms with Gasteiger partial charge in [0.2, 0.25) is 0 Å². The number of carbonyl (C=O) groups is 3. The maximum Gasteiger partial charge on any atom is 0.410 e. The van der Waals surface area contributed by atoms with Crippen LogP contribution in [0.4, 0.5) is 4.79 Å². The number of likely N-dealkylation sites (tertiary alicyclic amines) is 1. The minimum absolute atomic E-state index is 0.151. The van der Waals surface area contributed by atoms with E-state index < -0.39 is 11.5 Å². The van der Waals surface area contributed by atoms with Crippen molar-refractivity contribution in [3.8, 4) is 0 Å². The van der Waals surface area contributed by atoms with E-state index in [0.717, 1.165) is 18.4 Å². The van der Waals surface area contributed by atoms with E-state index in [0.29, 0.717) is 30.6 Å². The fourth-order valence-electron chi connectivity index (χ4n) is 4.14. The Morgan fingerprint density at radius 3 is 1.79 bits per heavy atom. The first-order valence-electron chi connectivity index (χ1n) is 11.5. The highest BCUT2D eigenvalue weighted by molar-refractivity contribution is 6.16. The summed E-state index contributed by atoms with van der Waals surface area (Å²) in [5.74, 6) is -1.03.